The molecular formula is C32H28FNO5. The molecular weight excluding hydrogens is 497 g/mol. The van der Waals surface area contributed by atoms with Crippen LogP contribution in [0.1, 0.15) is 41.0 Å². The predicted octanol–water partition coefficient (Wildman–Crippen LogP) is 6.50. The van der Waals surface area contributed by atoms with E-state index in [4.69, 9.17) is 9.47 Å². The molecule has 0 saturated heterocycles. The van der Waals surface area contributed by atoms with Gasteiger partial charge in [0.1, 0.15) is 30.8 Å². The number of carboxylic acid groups (broad SMARTS) is 1. The summed E-state index contributed by atoms with van der Waals surface area (Å²) in [6.45, 7) is 1.87. The van der Waals surface area contributed by atoms with E-state index in [9.17, 15) is 14.7 Å². The van der Waals surface area contributed by atoms with Crippen molar-refractivity contribution in [1.82, 2.24) is 5.32 Å². The van der Waals surface area contributed by atoms with Gasteiger partial charge in [-0.1, -0.05) is 91.9 Å². The lowest BCUT2D eigenvalue weighted by molar-refractivity contribution is -0.139. The molecule has 0 bridgehead atoms. The molecule has 39 heavy (non-hydrogen) atoms. The summed E-state index contributed by atoms with van der Waals surface area (Å²) in [5.41, 5.74) is 5.36. The summed E-state index contributed by atoms with van der Waals surface area (Å²) < 4.78 is 26.2. The van der Waals surface area contributed by atoms with E-state index in [1.54, 1.807) is 13.0 Å². The van der Waals surface area contributed by atoms with Gasteiger partial charge in [-0.25, -0.2) is 14.0 Å². The van der Waals surface area contributed by atoms with Crippen LogP contribution >= 0.6 is 0 Å². The van der Waals surface area contributed by atoms with Crippen molar-refractivity contribution in [3.8, 4) is 16.9 Å². The number of hydrogen-bond acceptors (Lipinski definition) is 4. The quantitative estimate of drug-likeness (QED) is 0.261. The predicted molar refractivity (Wildman–Crippen MR) is 145 cm³/mol. The maximum Gasteiger partial charge on any atom is 0.407 e. The fourth-order valence-electron chi connectivity index (χ4n) is 5.06. The zero-order chi connectivity index (χ0) is 27.4. The fraction of sp³-hybridized carbons (Fsp3) is 0.188. The minimum absolute atomic E-state index is 0.0440. The Morgan fingerprint density at radius 3 is 2.13 bits per heavy atom. The van der Waals surface area contributed by atoms with E-state index in [1.807, 2.05) is 78.9 Å². The molecule has 6 nitrogen and oxygen atoms in total. The molecule has 5 rings (SSSR count). The number of benzene rings is 4. The molecule has 0 radical (unpaired) electrons. The maximum absolute atomic E-state index is 15.0. The second-order valence-corrected chi connectivity index (χ2v) is 9.53. The molecule has 1 amide bonds. The summed E-state index contributed by atoms with van der Waals surface area (Å²) in [7, 11) is 0. The van der Waals surface area contributed by atoms with Gasteiger partial charge < -0.3 is 19.9 Å². The van der Waals surface area contributed by atoms with Crippen LogP contribution in [-0.2, 0) is 16.1 Å². The first-order valence-corrected chi connectivity index (χ1v) is 12.7. The van der Waals surface area contributed by atoms with Gasteiger partial charge in [0, 0.05) is 17.9 Å². The topological polar surface area (TPSA) is 84.9 Å². The average molecular weight is 526 g/mol. The van der Waals surface area contributed by atoms with Gasteiger partial charge in [-0.05, 0) is 39.4 Å². The third-order valence-electron chi connectivity index (χ3n) is 7.09. The lowest BCUT2D eigenvalue weighted by Gasteiger charge is -2.23. The Kier molecular flexibility index (Phi) is 7.59. The van der Waals surface area contributed by atoms with Gasteiger partial charge in [-0.2, -0.15) is 0 Å². The van der Waals surface area contributed by atoms with Gasteiger partial charge in [0.25, 0.3) is 0 Å². The molecule has 2 atom stereocenters. The van der Waals surface area contributed by atoms with Crippen LogP contribution in [0.4, 0.5) is 9.18 Å². The van der Waals surface area contributed by atoms with Crippen LogP contribution in [0.25, 0.3) is 11.1 Å². The van der Waals surface area contributed by atoms with Crippen molar-refractivity contribution < 1.29 is 28.6 Å². The number of amides is 1. The molecule has 0 fully saturated rings. The Balaban J connectivity index is 1.23. The molecule has 4 aromatic rings. The zero-order valence-electron chi connectivity index (χ0n) is 21.3. The molecule has 1 unspecified atom stereocenters. The number of ether oxygens (including phenoxy) is 2. The Morgan fingerprint density at radius 1 is 0.897 bits per heavy atom. The average Bonchev–Trinajstić information content (AvgIpc) is 3.27. The molecule has 198 valence electrons. The van der Waals surface area contributed by atoms with Gasteiger partial charge >= 0.3 is 12.1 Å². The first-order valence-electron chi connectivity index (χ1n) is 12.7. The van der Waals surface area contributed by atoms with E-state index in [1.165, 1.54) is 12.1 Å². The largest absolute Gasteiger partial charge is 0.489 e. The van der Waals surface area contributed by atoms with Gasteiger partial charge in [-0.15, -0.1) is 0 Å². The molecule has 1 aliphatic rings. The van der Waals surface area contributed by atoms with Crippen LogP contribution in [-0.4, -0.2) is 29.8 Å². The highest BCUT2D eigenvalue weighted by Crippen LogP contribution is 2.44. The molecule has 7 heteroatoms. The Morgan fingerprint density at radius 2 is 1.51 bits per heavy atom. The minimum atomic E-state index is -1.40. The van der Waals surface area contributed by atoms with E-state index in [0.717, 1.165) is 27.8 Å². The molecule has 2 N–H and O–H groups in total. The van der Waals surface area contributed by atoms with Crippen molar-refractivity contribution in [1.29, 1.82) is 0 Å². The first kappa shape index (κ1) is 26.0. The SMILES string of the molecule is CC(c1ccc(OCc2ccccc2)cc1F)[C@H](NC(=O)OCC1c2ccccc2-c2ccccc21)C(=O)O. The summed E-state index contributed by atoms with van der Waals surface area (Å²) in [5, 5.41) is 12.2. The number of aliphatic carboxylic acids is 1. The fourth-order valence-corrected chi connectivity index (χ4v) is 5.06. The van der Waals surface area contributed by atoms with Crippen LogP contribution < -0.4 is 10.1 Å². The number of carbonyl (C=O) groups excluding carboxylic acids is 1. The number of nitrogens with one attached hydrogen (secondary N) is 1. The summed E-state index contributed by atoms with van der Waals surface area (Å²) in [6.07, 6.45) is -0.876. The molecule has 0 aliphatic heterocycles. The Bertz CT molecular complexity index is 1440. The van der Waals surface area contributed by atoms with Crippen molar-refractivity contribution in [2.24, 2.45) is 0 Å². The van der Waals surface area contributed by atoms with Gasteiger partial charge in [0.15, 0.2) is 0 Å². The van der Waals surface area contributed by atoms with Crippen molar-refractivity contribution >= 4 is 12.1 Å². The van der Waals surface area contributed by atoms with E-state index < -0.39 is 29.8 Å². The number of hydrogen-bond donors (Lipinski definition) is 2. The second kappa shape index (κ2) is 11.4. The number of rotatable bonds is 9. The van der Waals surface area contributed by atoms with Crippen LogP contribution in [0.5, 0.6) is 5.75 Å². The summed E-state index contributed by atoms with van der Waals surface area (Å²) >= 11 is 0. The number of fused-ring (bicyclic) bond motifs is 3. The highest BCUT2D eigenvalue weighted by molar-refractivity contribution is 5.82. The molecule has 0 spiro atoms. The third kappa shape index (κ3) is 5.62. The van der Waals surface area contributed by atoms with Crippen molar-refractivity contribution in [3.63, 3.8) is 0 Å². The summed E-state index contributed by atoms with van der Waals surface area (Å²) in [4.78, 5) is 24.8. The zero-order valence-corrected chi connectivity index (χ0v) is 21.3. The van der Waals surface area contributed by atoms with Crippen LogP contribution in [0, 0.1) is 5.82 Å². The smallest absolute Gasteiger partial charge is 0.407 e. The highest BCUT2D eigenvalue weighted by Gasteiger charge is 2.32. The minimum Gasteiger partial charge on any atom is -0.489 e. The van der Waals surface area contributed by atoms with Crippen molar-refractivity contribution in [3.05, 3.63) is 125 Å². The van der Waals surface area contributed by atoms with E-state index in [-0.39, 0.29) is 24.7 Å². The van der Waals surface area contributed by atoms with Gasteiger partial charge in [0.05, 0.1) is 0 Å². The molecule has 0 saturated carbocycles. The van der Waals surface area contributed by atoms with E-state index in [2.05, 4.69) is 5.32 Å². The normalized spacial score (nSPS) is 13.6. The van der Waals surface area contributed by atoms with Gasteiger partial charge in [0.2, 0.25) is 0 Å². The van der Waals surface area contributed by atoms with E-state index in [0.29, 0.717) is 5.75 Å². The lowest BCUT2D eigenvalue weighted by Crippen LogP contribution is -2.44. The number of carbonyl (C=O) groups is 2. The van der Waals surface area contributed by atoms with Gasteiger partial charge in [-0.3, -0.25) is 0 Å². The molecule has 0 heterocycles. The summed E-state index contributed by atoms with van der Waals surface area (Å²) in [6, 6.07) is 28.2. The molecule has 4 aromatic carbocycles. The lowest BCUT2D eigenvalue weighted by atomic mass is 9.92. The summed E-state index contributed by atoms with van der Waals surface area (Å²) in [5.74, 6) is -2.62. The third-order valence-corrected chi connectivity index (χ3v) is 7.09. The van der Waals surface area contributed by atoms with Crippen LogP contribution in [0.2, 0.25) is 0 Å². The van der Waals surface area contributed by atoms with Crippen molar-refractivity contribution in [2.45, 2.75) is 31.4 Å². The second-order valence-electron chi connectivity index (χ2n) is 9.53. The molecule has 1 aliphatic carbocycles. The van der Waals surface area contributed by atoms with Crippen LogP contribution in [0.3, 0.4) is 0 Å². The van der Waals surface area contributed by atoms with E-state index >= 15 is 4.39 Å². The Labute approximate surface area is 226 Å². The Hall–Kier alpha value is -4.65. The van der Waals surface area contributed by atoms with Crippen LogP contribution in [0.15, 0.2) is 97.1 Å². The van der Waals surface area contributed by atoms with Crippen molar-refractivity contribution in [2.75, 3.05) is 6.61 Å². The highest BCUT2D eigenvalue weighted by atomic mass is 19.1. The number of halogens is 1. The number of alkyl carbamates (subject to hydrolysis) is 1. The number of carboxylic acids is 1. The first-order chi connectivity index (χ1) is 18.9. The standard InChI is InChI=1S/C32H28FNO5/c1-20(23-16-15-22(17-29(23)33)38-18-21-9-3-2-4-10-21)30(31(35)36)34-32(37)39-19-28-26-13-7-5-11-24(26)25-12-6-8-14-27(25)28/h2-17,20,28,30H,18-19H2,1H3,(H,34,37)(H,35,36)/t20?,30-/m0/s1. The monoisotopic (exact) mass is 525 g/mol. The maximum atomic E-state index is 15.0. The molecule has 0 aromatic heterocycles.